The Morgan fingerprint density at radius 1 is 0.474 bits per heavy atom. The smallest absolute Gasteiger partial charge is 0.311 e. The van der Waals surface area contributed by atoms with E-state index in [0.717, 1.165) is 43.8 Å². The maximum Gasteiger partial charge on any atom is 0.311 e. The van der Waals surface area contributed by atoms with Crippen LogP contribution in [0.4, 0.5) is 0 Å². The van der Waals surface area contributed by atoms with Gasteiger partial charge < -0.3 is 5.11 Å². The SMILES string of the molecule is O=C(O)C(c1ccccc1)C(c1ccccc1)C(c1cccc2ccccc12)c1cccc2ccccc12. The van der Waals surface area contributed by atoms with Crippen LogP contribution in [0.25, 0.3) is 21.5 Å². The van der Waals surface area contributed by atoms with Gasteiger partial charge in [0.15, 0.2) is 0 Å². The molecule has 0 spiro atoms. The van der Waals surface area contributed by atoms with Crippen LogP contribution in [0.1, 0.15) is 40.0 Å². The zero-order valence-electron chi connectivity index (χ0n) is 20.9. The molecule has 6 rings (SSSR count). The Morgan fingerprint density at radius 2 is 0.895 bits per heavy atom. The molecular formula is C36H28O2. The van der Waals surface area contributed by atoms with Crippen LogP contribution >= 0.6 is 0 Å². The molecule has 0 saturated heterocycles. The van der Waals surface area contributed by atoms with Crippen molar-refractivity contribution in [2.24, 2.45) is 0 Å². The number of hydrogen-bond donors (Lipinski definition) is 1. The van der Waals surface area contributed by atoms with E-state index in [4.69, 9.17) is 0 Å². The first-order valence-electron chi connectivity index (χ1n) is 13.0. The van der Waals surface area contributed by atoms with Gasteiger partial charge in [-0.05, 0) is 43.8 Å². The van der Waals surface area contributed by atoms with Gasteiger partial charge in [-0.25, -0.2) is 0 Å². The van der Waals surface area contributed by atoms with E-state index in [2.05, 4.69) is 97.1 Å². The topological polar surface area (TPSA) is 37.3 Å². The number of fused-ring (bicyclic) bond motifs is 2. The maximum atomic E-state index is 13.2. The molecule has 6 aromatic rings. The molecule has 0 radical (unpaired) electrons. The van der Waals surface area contributed by atoms with E-state index in [1.54, 1.807) is 0 Å². The number of aliphatic carboxylic acids is 1. The minimum absolute atomic E-state index is 0.212. The molecule has 0 aliphatic heterocycles. The summed E-state index contributed by atoms with van der Waals surface area (Å²) in [6, 6.07) is 49.4. The molecule has 0 heterocycles. The Labute approximate surface area is 222 Å². The highest BCUT2D eigenvalue weighted by atomic mass is 16.4. The molecule has 0 aromatic heterocycles. The van der Waals surface area contributed by atoms with Crippen LogP contribution in [0, 0.1) is 0 Å². The van der Waals surface area contributed by atoms with Crippen LogP contribution in [-0.4, -0.2) is 11.1 Å². The van der Waals surface area contributed by atoms with Gasteiger partial charge in [0.05, 0.1) is 5.92 Å². The van der Waals surface area contributed by atoms with Crippen LogP contribution in [0.2, 0.25) is 0 Å². The van der Waals surface area contributed by atoms with E-state index in [1.165, 1.54) is 0 Å². The van der Waals surface area contributed by atoms with Crippen molar-refractivity contribution in [3.8, 4) is 0 Å². The molecule has 1 N–H and O–H groups in total. The molecule has 2 atom stereocenters. The fraction of sp³-hybridized carbons (Fsp3) is 0.0833. The van der Waals surface area contributed by atoms with Gasteiger partial charge in [-0.3, -0.25) is 4.79 Å². The molecule has 2 unspecified atom stereocenters. The van der Waals surface area contributed by atoms with Crippen molar-refractivity contribution >= 4 is 27.5 Å². The second kappa shape index (κ2) is 10.4. The Kier molecular flexibility index (Phi) is 6.46. The molecule has 0 bridgehead atoms. The predicted octanol–water partition coefficient (Wildman–Crippen LogP) is 8.78. The molecule has 2 heteroatoms. The van der Waals surface area contributed by atoms with E-state index < -0.39 is 11.9 Å². The largest absolute Gasteiger partial charge is 0.481 e. The van der Waals surface area contributed by atoms with Gasteiger partial charge in [-0.15, -0.1) is 0 Å². The first kappa shape index (κ1) is 23.7. The standard InChI is InChI=1S/C36H28O2/c37-36(38)34(28-17-5-2-6-18-28)33(27-15-3-1-4-16-27)35(31-23-11-19-25-13-7-9-21-29(25)31)32-24-12-20-26-14-8-10-22-30(26)32/h1-24,33-35H,(H,37,38). The molecule has 0 amide bonds. The van der Waals surface area contributed by atoms with Crippen molar-refractivity contribution in [3.05, 3.63) is 168 Å². The fourth-order valence-electron chi connectivity index (χ4n) is 6.01. The molecule has 38 heavy (non-hydrogen) atoms. The quantitative estimate of drug-likeness (QED) is 0.242. The number of rotatable bonds is 7. The van der Waals surface area contributed by atoms with Crippen molar-refractivity contribution in [1.82, 2.24) is 0 Å². The van der Waals surface area contributed by atoms with Gasteiger partial charge in [0, 0.05) is 11.8 Å². The molecule has 6 aromatic carbocycles. The highest BCUT2D eigenvalue weighted by molar-refractivity contribution is 5.91. The lowest BCUT2D eigenvalue weighted by atomic mass is 9.67. The van der Waals surface area contributed by atoms with Crippen molar-refractivity contribution in [2.45, 2.75) is 17.8 Å². The third-order valence-electron chi connectivity index (χ3n) is 7.64. The average Bonchev–Trinajstić information content (AvgIpc) is 2.98. The summed E-state index contributed by atoms with van der Waals surface area (Å²) in [4.78, 5) is 13.2. The van der Waals surface area contributed by atoms with E-state index in [0.29, 0.717) is 0 Å². The lowest BCUT2D eigenvalue weighted by molar-refractivity contribution is -0.139. The summed E-state index contributed by atoms with van der Waals surface area (Å²) in [6.45, 7) is 0. The molecule has 0 aliphatic carbocycles. The predicted molar refractivity (Wildman–Crippen MR) is 156 cm³/mol. The van der Waals surface area contributed by atoms with Gasteiger partial charge in [0.2, 0.25) is 0 Å². The summed E-state index contributed by atoms with van der Waals surface area (Å²) in [7, 11) is 0. The van der Waals surface area contributed by atoms with Gasteiger partial charge in [-0.1, -0.05) is 146 Å². The van der Waals surface area contributed by atoms with Gasteiger partial charge in [0.1, 0.15) is 0 Å². The number of benzene rings is 6. The van der Waals surface area contributed by atoms with Crippen LogP contribution in [0.3, 0.4) is 0 Å². The first-order valence-corrected chi connectivity index (χ1v) is 13.0. The Morgan fingerprint density at radius 3 is 1.39 bits per heavy atom. The molecule has 2 nitrogen and oxygen atoms in total. The van der Waals surface area contributed by atoms with Gasteiger partial charge in [-0.2, -0.15) is 0 Å². The van der Waals surface area contributed by atoms with Crippen molar-refractivity contribution < 1.29 is 9.90 Å². The molecular weight excluding hydrogens is 464 g/mol. The lowest BCUT2D eigenvalue weighted by Gasteiger charge is -2.34. The van der Waals surface area contributed by atoms with Crippen LogP contribution in [0.15, 0.2) is 146 Å². The van der Waals surface area contributed by atoms with Crippen molar-refractivity contribution in [1.29, 1.82) is 0 Å². The Hall–Kier alpha value is -4.69. The number of carboxylic acid groups (broad SMARTS) is 1. The van der Waals surface area contributed by atoms with Crippen LogP contribution in [-0.2, 0) is 4.79 Å². The third-order valence-corrected chi connectivity index (χ3v) is 7.64. The summed E-state index contributed by atoms with van der Waals surface area (Å²) < 4.78 is 0. The Balaban J connectivity index is 1.72. The molecule has 0 aliphatic rings. The second-order valence-electron chi connectivity index (χ2n) is 9.78. The average molecular weight is 493 g/mol. The number of carboxylic acids is 1. The summed E-state index contributed by atoms with van der Waals surface area (Å²) in [5, 5.41) is 15.4. The first-order chi connectivity index (χ1) is 18.7. The van der Waals surface area contributed by atoms with Crippen molar-refractivity contribution in [2.75, 3.05) is 0 Å². The minimum Gasteiger partial charge on any atom is -0.481 e. The highest BCUT2D eigenvalue weighted by Crippen LogP contribution is 2.50. The van der Waals surface area contributed by atoms with E-state index >= 15 is 0 Å². The summed E-state index contributed by atoms with van der Waals surface area (Å²) >= 11 is 0. The van der Waals surface area contributed by atoms with Crippen LogP contribution < -0.4 is 0 Å². The molecule has 0 saturated carbocycles. The lowest BCUT2D eigenvalue weighted by Crippen LogP contribution is -2.26. The van der Waals surface area contributed by atoms with Crippen molar-refractivity contribution in [3.63, 3.8) is 0 Å². The zero-order valence-corrected chi connectivity index (χ0v) is 20.9. The summed E-state index contributed by atoms with van der Waals surface area (Å²) in [5.41, 5.74) is 4.08. The summed E-state index contributed by atoms with van der Waals surface area (Å²) in [6.07, 6.45) is 0. The van der Waals surface area contributed by atoms with E-state index in [9.17, 15) is 9.90 Å². The van der Waals surface area contributed by atoms with Crippen LogP contribution in [0.5, 0.6) is 0 Å². The van der Waals surface area contributed by atoms with E-state index in [1.807, 2.05) is 48.5 Å². The third kappa shape index (κ3) is 4.35. The normalized spacial score (nSPS) is 13.0. The fourth-order valence-corrected chi connectivity index (χ4v) is 6.01. The molecule has 184 valence electrons. The number of carbonyl (C=O) groups is 1. The second-order valence-corrected chi connectivity index (χ2v) is 9.78. The summed E-state index contributed by atoms with van der Waals surface area (Å²) in [5.74, 6) is -2.14. The minimum atomic E-state index is -0.824. The highest BCUT2D eigenvalue weighted by Gasteiger charge is 2.39. The zero-order chi connectivity index (χ0) is 25.9. The van der Waals surface area contributed by atoms with E-state index in [-0.39, 0.29) is 11.8 Å². The molecule has 0 fully saturated rings. The monoisotopic (exact) mass is 492 g/mol. The van der Waals surface area contributed by atoms with Gasteiger partial charge >= 0.3 is 5.97 Å². The number of hydrogen-bond acceptors (Lipinski definition) is 1. The maximum absolute atomic E-state index is 13.2. The Bertz CT molecular complexity index is 1620. The van der Waals surface area contributed by atoms with Gasteiger partial charge in [0.25, 0.3) is 0 Å².